The van der Waals surface area contributed by atoms with E-state index in [9.17, 15) is 0 Å². The number of aromatic nitrogens is 1. The minimum absolute atomic E-state index is 0.116. The summed E-state index contributed by atoms with van der Waals surface area (Å²) in [5.41, 5.74) is 4.98. The van der Waals surface area contributed by atoms with Crippen LogP contribution in [0.15, 0.2) is 31.1 Å². The molecule has 0 spiro atoms. The molecule has 0 saturated heterocycles. The smallest absolute Gasteiger partial charge is 0.0509 e. The monoisotopic (exact) mass is 177 g/mol. The Balaban J connectivity index is 2.84. The highest BCUT2D eigenvalue weighted by molar-refractivity contribution is 5.20. The Morgan fingerprint density at radius 2 is 2.46 bits per heavy atom. The molecule has 0 aromatic carbocycles. The number of nitrogens with one attached hydrogen (secondary N) is 1. The molecule has 70 valence electrons. The lowest BCUT2D eigenvalue weighted by atomic mass is 10.1. The van der Waals surface area contributed by atoms with Crippen LogP contribution in [-0.4, -0.2) is 4.98 Å². The first-order valence-electron chi connectivity index (χ1n) is 4.26. The molecule has 0 fully saturated rings. The summed E-state index contributed by atoms with van der Waals surface area (Å²) in [6.07, 6.45) is 6.29. The summed E-state index contributed by atoms with van der Waals surface area (Å²) in [6.45, 7) is 5.69. The van der Waals surface area contributed by atoms with Crippen LogP contribution >= 0.6 is 0 Å². The highest BCUT2D eigenvalue weighted by atomic mass is 15.2. The van der Waals surface area contributed by atoms with Crippen molar-refractivity contribution in [2.24, 2.45) is 5.84 Å². The standard InChI is InChI=1S/C10H15N3/c1-3-4-10(13-11)9-5-8(2)6-12-7-9/h3,5-7,10,13H,1,4,11H2,2H3. The third-order valence-corrected chi connectivity index (χ3v) is 1.90. The third-order valence-electron chi connectivity index (χ3n) is 1.90. The van der Waals surface area contributed by atoms with Gasteiger partial charge in [-0.3, -0.25) is 16.3 Å². The SMILES string of the molecule is C=CCC(NN)c1cncc(C)c1. The fourth-order valence-electron chi connectivity index (χ4n) is 1.24. The van der Waals surface area contributed by atoms with Crippen molar-refractivity contribution in [3.8, 4) is 0 Å². The van der Waals surface area contributed by atoms with E-state index < -0.39 is 0 Å². The van der Waals surface area contributed by atoms with E-state index in [2.05, 4.69) is 23.1 Å². The van der Waals surface area contributed by atoms with Crippen LogP contribution in [0, 0.1) is 6.92 Å². The Labute approximate surface area is 78.6 Å². The number of aryl methyl sites for hydroxylation is 1. The van der Waals surface area contributed by atoms with Gasteiger partial charge in [-0.2, -0.15) is 0 Å². The Hall–Kier alpha value is -1.19. The predicted molar refractivity (Wildman–Crippen MR) is 53.9 cm³/mol. The Morgan fingerprint density at radius 3 is 3.00 bits per heavy atom. The fraction of sp³-hybridized carbons (Fsp3) is 0.300. The van der Waals surface area contributed by atoms with Gasteiger partial charge in [-0.25, -0.2) is 0 Å². The zero-order chi connectivity index (χ0) is 9.68. The molecule has 0 aliphatic rings. The molecule has 0 aliphatic heterocycles. The Bertz CT molecular complexity index is 283. The number of nitrogens with two attached hydrogens (primary N) is 1. The highest BCUT2D eigenvalue weighted by Gasteiger charge is 2.07. The fourth-order valence-corrected chi connectivity index (χ4v) is 1.24. The van der Waals surface area contributed by atoms with E-state index in [1.165, 1.54) is 0 Å². The molecule has 1 heterocycles. The van der Waals surface area contributed by atoms with Gasteiger partial charge in [-0.1, -0.05) is 12.1 Å². The van der Waals surface area contributed by atoms with Gasteiger partial charge in [-0.05, 0) is 24.5 Å². The summed E-state index contributed by atoms with van der Waals surface area (Å²) in [4.78, 5) is 4.11. The maximum Gasteiger partial charge on any atom is 0.0509 e. The van der Waals surface area contributed by atoms with Crippen molar-refractivity contribution in [2.75, 3.05) is 0 Å². The van der Waals surface area contributed by atoms with Crippen molar-refractivity contribution in [3.63, 3.8) is 0 Å². The average Bonchev–Trinajstić information content (AvgIpc) is 2.14. The minimum atomic E-state index is 0.116. The molecule has 1 rings (SSSR count). The zero-order valence-corrected chi connectivity index (χ0v) is 7.83. The molecule has 13 heavy (non-hydrogen) atoms. The number of hydrogen-bond acceptors (Lipinski definition) is 3. The largest absolute Gasteiger partial charge is 0.271 e. The second-order valence-electron chi connectivity index (χ2n) is 3.04. The van der Waals surface area contributed by atoms with Crippen LogP contribution in [0.4, 0.5) is 0 Å². The van der Waals surface area contributed by atoms with Gasteiger partial charge in [-0.15, -0.1) is 6.58 Å². The molecule has 0 aliphatic carbocycles. The molecule has 1 aromatic heterocycles. The topological polar surface area (TPSA) is 50.9 Å². The lowest BCUT2D eigenvalue weighted by Crippen LogP contribution is -2.27. The van der Waals surface area contributed by atoms with Gasteiger partial charge in [0.1, 0.15) is 0 Å². The molecule has 1 aromatic rings. The molecular formula is C10H15N3. The van der Waals surface area contributed by atoms with Crippen LogP contribution in [0.3, 0.4) is 0 Å². The second kappa shape index (κ2) is 4.74. The average molecular weight is 177 g/mol. The molecule has 3 N–H and O–H groups in total. The van der Waals surface area contributed by atoms with E-state index in [1.807, 2.05) is 25.4 Å². The van der Waals surface area contributed by atoms with E-state index in [4.69, 9.17) is 5.84 Å². The molecular weight excluding hydrogens is 162 g/mol. The minimum Gasteiger partial charge on any atom is -0.271 e. The van der Waals surface area contributed by atoms with Crippen molar-refractivity contribution in [2.45, 2.75) is 19.4 Å². The first kappa shape index (κ1) is 9.89. The van der Waals surface area contributed by atoms with E-state index in [1.54, 1.807) is 0 Å². The van der Waals surface area contributed by atoms with Gasteiger partial charge in [0, 0.05) is 12.4 Å². The van der Waals surface area contributed by atoms with Gasteiger partial charge in [0.15, 0.2) is 0 Å². The number of hydrogen-bond donors (Lipinski definition) is 2. The molecule has 0 radical (unpaired) electrons. The van der Waals surface area contributed by atoms with Crippen LogP contribution in [0.1, 0.15) is 23.6 Å². The van der Waals surface area contributed by atoms with Crippen LogP contribution in [0.5, 0.6) is 0 Å². The maximum absolute atomic E-state index is 5.42. The predicted octanol–water partition coefficient (Wildman–Crippen LogP) is 1.47. The first-order valence-corrected chi connectivity index (χ1v) is 4.26. The summed E-state index contributed by atoms with van der Waals surface area (Å²) in [5.74, 6) is 5.42. The first-order chi connectivity index (χ1) is 6.27. The molecule has 3 nitrogen and oxygen atoms in total. The van der Waals surface area contributed by atoms with Crippen molar-refractivity contribution in [3.05, 3.63) is 42.2 Å². The molecule has 0 saturated carbocycles. The van der Waals surface area contributed by atoms with Crippen molar-refractivity contribution < 1.29 is 0 Å². The van der Waals surface area contributed by atoms with Crippen LogP contribution in [0.2, 0.25) is 0 Å². The number of pyridine rings is 1. The van der Waals surface area contributed by atoms with Gasteiger partial charge in [0.05, 0.1) is 6.04 Å². The van der Waals surface area contributed by atoms with Gasteiger partial charge < -0.3 is 0 Å². The molecule has 0 amide bonds. The normalized spacial score (nSPS) is 12.5. The molecule has 0 bridgehead atoms. The Kier molecular flexibility index (Phi) is 3.61. The van der Waals surface area contributed by atoms with Gasteiger partial charge in [0.2, 0.25) is 0 Å². The van der Waals surface area contributed by atoms with Crippen molar-refractivity contribution in [1.29, 1.82) is 0 Å². The number of rotatable bonds is 4. The second-order valence-corrected chi connectivity index (χ2v) is 3.04. The summed E-state index contributed by atoms with van der Waals surface area (Å²) >= 11 is 0. The van der Waals surface area contributed by atoms with Crippen molar-refractivity contribution >= 4 is 0 Å². The number of nitrogens with zero attached hydrogens (tertiary/aromatic N) is 1. The summed E-state index contributed by atoms with van der Waals surface area (Å²) < 4.78 is 0. The van der Waals surface area contributed by atoms with Crippen LogP contribution in [-0.2, 0) is 0 Å². The van der Waals surface area contributed by atoms with Gasteiger partial charge in [0.25, 0.3) is 0 Å². The number of hydrazine groups is 1. The summed E-state index contributed by atoms with van der Waals surface area (Å²) in [7, 11) is 0. The van der Waals surface area contributed by atoms with E-state index in [-0.39, 0.29) is 6.04 Å². The summed E-state index contributed by atoms with van der Waals surface area (Å²) in [5, 5.41) is 0. The zero-order valence-electron chi connectivity index (χ0n) is 7.83. The lowest BCUT2D eigenvalue weighted by molar-refractivity contribution is 0.559. The molecule has 3 heteroatoms. The van der Waals surface area contributed by atoms with Crippen LogP contribution in [0.25, 0.3) is 0 Å². The third kappa shape index (κ3) is 2.65. The molecule has 1 unspecified atom stereocenters. The quantitative estimate of drug-likeness (QED) is 0.416. The van der Waals surface area contributed by atoms with Gasteiger partial charge >= 0.3 is 0 Å². The lowest BCUT2D eigenvalue weighted by Gasteiger charge is -2.13. The van der Waals surface area contributed by atoms with E-state index in [0.717, 1.165) is 17.5 Å². The van der Waals surface area contributed by atoms with E-state index in [0.29, 0.717) is 0 Å². The maximum atomic E-state index is 5.42. The Morgan fingerprint density at radius 1 is 1.69 bits per heavy atom. The van der Waals surface area contributed by atoms with Crippen molar-refractivity contribution in [1.82, 2.24) is 10.4 Å². The van der Waals surface area contributed by atoms with E-state index >= 15 is 0 Å². The molecule has 1 atom stereocenters. The summed E-state index contributed by atoms with van der Waals surface area (Å²) in [6, 6.07) is 2.19. The van der Waals surface area contributed by atoms with Crippen LogP contribution < -0.4 is 11.3 Å². The highest BCUT2D eigenvalue weighted by Crippen LogP contribution is 2.15.